The topological polar surface area (TPSA) is 26.5 Å². The summed E-state index contributed by atoms with van der Waals surface area (Å²) in [6.07, 6.45) is 5.83. The molecule has 0 aliphatic rings. The zero-order valence-electron chi connectivity index (χ0n) is 7.77. The summed E-state index contributed by atoms with van der Waals surface area (Å²) in [5, 5.41) is 0. The van der Waals surface area contributed by atoms with Gasteiger partial charge in [0.25, 0.3) is 0 Å². The molecule has 2 rings (SSSR count). The second-order valence-corrected chi connectivity index (χ2v) is 3.22. The monoisotopic (exact) mass is 176 g/mol. The minimum atomic E-state index is 0.206. The summed E-state index contributed by atoms with van der Waals surface area (Å²) in [6, 6.07) is 3.87. The zero-order chi connectivity index (χ0) is 9.26. The van der Waals surface area contributed by atoms with Gasteiger partial charge in [-0.05, 0) is 19.9 Å². The molecule has 0 radical (unpaired) electrons. The van der Waals surface area contributed by atoms with Crippen LogP contribution < -0.4 is 4.74 Å². The van der Waals surface area contributed by atoms with E-state index in [0.717, 1.165) is 11.4 Å². The first-order valence-electron chi connectivity index (χ1n) is 4.35. The number of rotatable bonds is 2. The minimum Gasteiger partial charge on any atom is -0.491 e. The summed E-state index contributed by atoms with van der Waals surface area (Å²) in [5.74, 6) is 0.869. The van der Waals surface area contributed by atoms with Crippen molar-refractivity contribution in [2.24, 2.45) is 0 Å². The molecule has 3 heteroatoms. The summed E-state index contributed by atoms with van der Waals surface area (Å²) >= 11 is 0. The van der Waals surface area contributed by atoms with Gasteiger partial charge in [0.1, 0.15) is 11.4 Å². The van der Waals surface area contributed by atoms with Crippen molar-refractivity contribution in [2.75, 3.05) is 0 Å². The van der Waals surface area contributed by atoms with E-state index >= 15 is 0 Å². The Kier molecular flexibility index (Phi) is 1.93. The number of pyridine rings is 1. The van der Waals surface area contributed by atoms with E-state index in [-0.39, 0.29) is 6.10 Å². The van der Waals surface area contributed by atoms with Crippen LogP contribution in [0.3, 0.4) is 0 Å². The molecule has 0 aliphatic carbocycles. The van der Waals surface area contributed by atoms with Gasteiger partial charge in [-0.15, -0.1) is 0 Å². The van der Waals surface area contributed by atoms with Gasteiger partial charge in [-0.2, -0.15) is 0 Å². The van der Waals surface area contributed by atoms with E-state index in [4.69, 9.17) is 4.74 Å². The molecule has 0 aliphatic heterocycles. The van der Waals surface area contributed by atoms with E-state index in [2.05, 4.69) is 4.98 Å². The van der Waals surface area contributed by atoms with Crippen molar-refractivity contribution in [1.29, 1.82) is 0 Å². The maximum absolute atomic E-state index is 5.54. The Morgan fingerprint density at radius 2 is 2.23 bits per heavy atom. The second kappa shape index (κ2) is 3.09. The summed E-state index contributed by atoms with van der Waals surface area (Å²) in [6.45, 7) is 4.02. The highest BCUT2D eigenvalue weighted by Crippen LogP contribution is 2.14. The Balaban J connectivity index is 2.37. The van der Waals surface area contributed by atoms with Gasteiger partial charge in [-0.1, -0.05) is 0 Å². The van der Waals surface area contributed by atoms with Gasteiger partial charge < -0.3 is 9.14 Å². The first-order chi connectivity index (χ1) is 6.25. The van der Waals surface area contributed by atoms with E-state index in [0.29, 0.717) is 0 Å². The molecule has 0 fully saturated rings. The molecule has 2 aromatic heterocycles. The summed E-state index contributed by atoms with van der Waals surface area (Å²) < 4.78 is 7.49. The van der Waals surface area contributed by atoms with Crippen molar-refractivity contribution < 1.29 is 4.74 Å². The minimum absolute atomic E-state index is 0.206. The van der Waals surface area contributed by atoms with Crippen LogP contribution in [0.5, 0.6) is 5.75 Å². The predicted molar refractivity (Wildman–Crippen MR) is 51.0 cm³/mol. The van der Waals surface area contributed by atoms with Gasteiger partial charge in [-0.25, -0.2) is 4.98 Å². The third-order valence-electron chi connectivity index (χ3n) is 1.74. The first-order valence-corrected chi connectivity index (χ1v) is 4.35. The number of fused-ring (bicyclic) bond motifs is 1. The standard InChI is InChI=1S/C10H12N2O/c1-8(2)13-9-3-5-12-6-4-11-10(12)7-9/h3-8H,1-2H3. The molecule has 0 N–H and O–H groups in total. The summed E-state index contributed by atoms with van der Waals surface area (Å²) in [5.41, 5.74) is 0.915. The molecule has 68 valence electrons. The van der Waals surface area contributed by atoms with Crippen LogP contribution in [0.15, 0.2) is 30.7 Å². The third-order valence-corrected chi connectivity index (χ3v) is 1.74. The smallest absolute Gasteiger partial charge is 0.140 e. The van der Waals surface area contributed by atoms with Gasteiger partial charge in [-0.3, -0.25) is 0 Å². The zero-order valence-corrected chi connectivity index (χ0v) is 7.77. The Hall–Kier alpha value is -1.51. The number of aromatic nitrogens is 2. The summed E-state index contributed by atoms with van der Waals surface area (Å²) in [7, 11) is 0. The third kappa shape index (κ3) is 1.64. The lowest BCUT2D eigenvalue weighted by atomic mass is 10.4. The fourth-order valence-electron chi connectivity index (χ4n) is 1.24. The van der Waals surface area contributed by atoms with Crippen molar-refractivity contribution >= 4 is 5.65 Å². The van der Waals surface area contributed by atoms with E-state index < -0.39 is 0 Å². The molecular formula is C10H12N2O. The van der Waals surface area contributed by atoms with Crippen LogP contribution in [-0.2, 0) is 0 Å². The van der Waals surface area contributed by atoms with E-state index in [9.17, 15) is 0 Å². The Labute approximate surface area is 77.0 Å². The molecule has 0 spiro atoms. The highest BCUT2D eigenvalue weighted by molar-refractivity contribution is 5.44. The van der Waals surface area contributed by atoms with Crippen LogP contribution in [0.2, 0.25) is 0 Å². The van der Waals surface area contributed by atoms with Gasteiger partial charge in [0.15, 0.2) is 0 Å². The van der Waals surface area contributed by atoms with Crippen LogP contribution in [0.4, 0.5) is 0 Å². The average molecular weight is 176 g/mol. The van der Waals surface area contributed by atoms with Crippen LogP contribution in [-0.4, -0.2) is 15.5 Å². The fourth-order valence-corrected chi connectivity index (χ4v) is 1.24. The molecule has 2 heterocycles. The fraction of sp³-hybridized carbons (Fsp3) is 0.300. The van der Waals surface area contributed by atoms with Crippen molar-refractivity contribution in [1.82, 2.24) is 9.38 Å². The molecule has 0 bridgehead atoms. The predicted octanol–water partition coefficient (Wildman–Crippen LogP) is 2.12. The van der Waals surface area contributed by atoms with Crippen LogP contribution >= 0.6 is 0 Å². The van der Waals surface area contributed by atoms with Crippen molar-refractivity contribution in [2.45, 2.75) is 20.0 Å². The molecular weight excluding hydrogens is 164 g/mol. The molecule has 0 saturated carbocycles. The second-order valence-electron chi connectivity index (χ2n) is 3.22. The van der Waals surface area contributed by atoms with Crippen molar-refractivity contribution in [3.05, 3.63) is 30.7 Å². The van der Waals surface area contributed by atoms with E-state index in [1.165, 1.54) is 0 Å². The molecule has 0 aromatic carbocycles. The van der Waals surface area contributed by atoms with Crippen LogP contribution in [0.25, 0.3) is 5.65 Å². The highest BCUT2D eigenvalue weighted by Gasteiger charge is 1.99. The molecule has 0 atom stereocenters. The molecule has 0 amide bonds. The highest BCUT2D eigenvalue weighted by atomic mass is 16.5. The average Bonchev–Trinajstić information content (AvgIpc) is 2.49. The Morgan fingerprint density at radius 1 is 1.38 bits per heavy atom. The molecule has 0 saturated heterocycles. The van der Waals surface area contributed by atoms with Gasteiger partial charge in [0, 0.05) is 24.7 Å². The first kappa shape index (κ1) is 8.10. The molecule has 0 unspecified atom stereocenters. The maximum Gasteiger partial charge on any atom is 0.140 e. The van der Waals surface area contributed by atoms with E-state index in [1.807, 2.05) is 42.8 Å². The Morgan fingerprint density at radius 3 is 3.00 bits per heavy atom. The number of hydrogen-bond donors (Lipinski definition) is 0. The lowest BCUT2D eigenvalue weighted by Crippen LogP contribution is -2.05. The maximum atomic E-state index is 5.54. The largest absolute Gasteiger partial charge is 0.491 e. The number of imidazole rings is 1. The van der Waals surface area contributed by atoms with Crippen molar-refractivity contribution in [3.8, 4) is 5.75 Å². The van der Waals surface area contributed by atoms with Crippen LogP contribution in [0.1, 0.15) is 13.8 Å². The normalized spacial score (nSPS) is 11.0. The molecule has 3 nitrogen and oxygen atoms in total. The quantitative estimate of drug-likeness (QED) is 0.700. The lowest BCUT2D eigenvalue weighted by Gasteiger charge is -2.08. The van der Waals surface area contributed by atoms with Gasteiger partial charge >= 0.3 is 0 Å². The van der Waals surface area contributed by atoms with Crippen LogP contribution in [0, 0.1) is 0 Å². The molecule has 2 aromatic rings. The number of hydrogen-bond acceptors (Lipinski definition) is 2. The lowest BCUT2D eigenvalue weighted by molar-refractivity contribution is 0.242. The number of nitrogens with zero attached hydrogens (tertiary/aromatic N) is 2. The van der Waals surface area contributed by atoms with Gasteiger partial charge in [0.05, 0.1) is 6.10 Å². The van der Waals surface area contributed by atoms with Crippen molar-refractivity contribution in [3.63, 3.8) is 0 Å². The van der Waals surface area contributed by atoms with E-state index in [1.54, 1.807) is 6.20 Å². The summed E-state index contributed by atoms with van der Waals surface area (Å²) in [4.78, 5) is 4.17. The number of ether oxygens (including phenoxy) is 1. The SMILES string of the molecule is CC(C)Oc1ccn2ccnc2c1. The van der Waals surface area contributed by atoms with Gasteiger partial charge in [0.2, 0.25) is 0 Å². The Bertz CT molecular complexity index is 406. The molecule has 13 heavy (non-hydrogen) atoms.